The maximum atomic E-state index is 13.6. The summed E-state index contributed by atoms with van der Waals surface area (Å²) in [5.74, 6) is -4.91. The van der Waals surface area contributed by atoms with Crippen LogP contribution >= 0.6 is 0 Å². The summed E-state index contributed by atoms with van der Waals surface area (Å²) in [6.07, 6.45) is 3.29. The summed E-state index contributed by atoms with van der Waals surface area (Å²) in [6.45, 7) is 2.04. The first kappa shape index (κ1) is 26.2. The fraction of sp³-hybridized carbons (Fsp3) is 0.400. The number of guanidine groups is 1. The Morgan fingerprint density at radius 1 is 0.943 bits per heavy atom. The van der Waals surface area contributed by atoms with E-state index in [1.165, 1.54) is 6.07 Å². The summed E-state index contributed by atoms with van der Waals surface area (Å²) in [4.78, 5) is 28.7. The molecule has 6 nitrogen and oxygen atoms in total. The Morgan fingerprint density at radius 2 is 1.60 bits per heavy atom. The number of carbonyl (C=O) groups excluding carboxylic acids is 2. The smallest absolute Gasteiger partial charge is 0.306 e. The number of carbonyl (C=O) groups is 2. The van der Waals surface area contributed by atoms with E-state index in [2.05, 4.69) is 15.6 Å². The molecule has 2 N–H and O–H groups in total. The van der Waals surface area contributed by atoms with Crippen LogP contribution in [0.25, 0.3) is 0 Å². The molecule has 2 aromatic carbocycles. The number of rotatable bonds is 7. The van der Waals surface area contributed by atoms with Gasteiger partial charge in [0, 0.05) is 18.0 Å². The van der Waals surface area contributed by atoms with Crippen LogP contribution in [0, 0.1) is 29.2 Å². The minimum atomic E-state index is -1.16. The first-order chi connectivity index (χ1) is 16.7. The van der Waals surface area contributed by atoms with Crippen LogP contribution in [0.15, 0.2) is 41.4 Å². The predicted octanol–water partition coefficient (Wildman–Crippen LogP) is 4.63. The summed E-state index contributed by atoms with van der Waals surface area (Å²) in [6, 6.07) is 6.06. The van der Waals surface area contributed by atoms with E-state index in [0.717, 1.165) is 43.2 Å². The van der Waals surface area contributed by atoms with Gasteiger partial charge in [0.2, 0.25) is 0 Å². The molecule has 0 atom stereocenters. The van der Waals surface area contributed by atoms with Crippen LogP contribution in [0.5, 0.6) is 0 Å². The van der Waals surface area contributed by atoms with Gasteiger partial charge in [0.15, 0.2) is 29.2 Å². The molecule has 2 aromatic rings. The molecule has 0 saturated heterocycles. The average Bonchev–Trinajstić information content (AvgIpc) is 2.82. The highest BCUT2D eigenvalue weighted by atomic mass is 19.2. The molecule has 3 rings (SSSR count). The van der Waals surface area contributed by atoms with Crippen LogP contribution in [-0.2, 0) is 16.1 Å². The van der Waals surface area contributed by atoms with Crippen molar-refractivity contribution >= 4 is 17.8 Å². The van der Waals surface area contributed by atoms with Gasteiger partial charge in [0.25, 0.3) is 5.91 Å². The standard InChI is InChI=1S/C25H27F4N3O3/c1-2-35-23(33)12-15-3-7-18(8-4-15)31-25(30-14-16-5-9-19(26)21(28)11-16)32-24(34)17-6-10-20(27)22(29)13-17/h5-6,9-11,13,15,18H,2-4,7-8,12,14H2,1H3,(H2,30,31,32,34). The molecule has 0 bridgehead atoms. The lowest BCUT2D eigenvalue weighted by Crippen LogP contribution is -2.47. The largest absolute Gasteiger partial charge is 0.466 e. The molecule has 1 amide bonds. The number of esters is 1. The fourth-order valence-electron chi connectivity index (χ4n) is 3.91. The highest BCUT2D eigenvalue weighted by Gasteiger charge is 2.25. The monoisotopic (exact) mass is 493 g/mol. The first-order valence-electron chi connectivity index (χ1n) is 11.4. The SMILES string of the molecule is CCOC(=O)CC1CCC(NC(=NCc2ccc(F)c(F)c2)NC(=O)c2ccc(F)c(F)c2)CC1. The molecule has 1 aliphatic rings. The predicted molar refractivity (Wildman–Crippen MR) is 121 cm³/mol. The van der Waals surface area contributed by atoms with Gasteiger partial charge >= 0.3 is 5.97 Å². The van der Waals surface area contributed by atoms with Crippen molar-refractivity contribution < 1.29 is 31.9 Å². The van der Waals surface area contributed by atoms with E-state index in [-0.39, 0.29) is 36.0 Å². The van der Waals surface area contributed by atoms with Gasteiger partial charge < -0.3 is 10.1 Å². The van der Waals surface area contributed by atoms with E-state index in [4.69, 9.17) is 4.74 Å². The van der Waals surface area contributed by atoms with Crippen molar-refractivity contribution in [2.24, 2.45) is 10.9 Å². The van der Waals surface area contributed by atoms with Crippen LogP contribution in [0.3, 0.4) is 0 Å². The normalized spacial score (nSPS) is 18.1. The molecule has 0 aliphatic heterocycles. The summed E-state index contributed by atoms with van der Waals surface area (Å²) in [5, 5.41) is 5.70. The molecule has 1 fully saturated rings. The highest BCUT2D eigenvalue weighted by Crippen LogP contribution is 2.27. The van der Waals surface area contributed by atoms with E-state index < -0.39 is 29.2 Å². The van der Waals surface area contributed by atoms with Gasteiger partial charge in [0.1, 0.15) is 0 Å². The van der Waals surface area contributed by atoms with Crippen molar-refractivity contribution in [1.29, 1.82) is 0 Å². The molecular weight excluding hydrogens is 466 g/mol. The summed E-state index contributed by atoms with van der Waals surface area (Å²) >= 11 is 0. The molecule has 1 aliphatic carbocycles. The number of hydrogen-bond donors (Lipinski definition) is 2. The minimum absolute atomic E-state index is 0.0597. The molecule has 188 valence electrons. The number of halogens is 4. The molecular formula is C25H27F4N3O3. The summed E-state index contributed by atoms with van der Waals surface area (Å²) in [7, 11) is 0. The van der Waals surface area contributed by atoms with E-state index in [1.54, 1.807) is 6.92 Å². The summed E-state index contributed by atoms with van der Waals surface area (Å²) < 4.78 is 58.6. The van der Waals surface area contributed by atoms with Gasteiger partial charge in [-0.25, -0.2) is 22.6 Å². The topological polar surface area (TPSA) is 79.8 Å². The van der Waals surface area contributed by atoms with Gasteiger partial charge in [-0.3, -0.25) is 14.9 Å². The number of amides is 1. The number of nitrogens with zero attached hydrogens (tertiary/aromatic N) is 1. The van der Waals surface area contributed by atoms with Gasteiger partial charge in [0.05, 0.1) is 13.2 Å². The molecule has 35 heavy (non-hydrogen) atoms. The van der Waals surface area contributed by atoms with Gasteiger partial charge in [-0.05, 0) is 74.4 Å². The van der Waals surface area contributed by atoms with Crippen molar-refractivity contribution in [3.05, 3.63) is 70.8 Å². The third-order valence-corrected chi connectivity index (χ3v) is 5.77. The molecule has 0 heterocycles. The molecule has 0 radical (unpaired) electrons. The Labute approximate surface area is 200 Å². The van der Waals surface area contributed by atoms with E-state index >= 15 is 0 Å². The lowest BCUT2D eigenvalue weighted by atomic mass is 9.84. The van der Waals surface area contributed by atoms with Gasteiger partial charge in [-0.1, -0.05) is 6.07 Å². The Hall–Kier alpha value is -3.43. The highest BCUT2D eigenvalue weighted by molar-refractivity contribution is 6.05. The first-order valence-corrected chi connectivity index (χ1v) is 11.4. The average molecular weight is 494 g/mol. The van der Waals surface area contributed by atoms with Crippen LogP contribution < -0.4 is 10.6 Å². The third-order valence-electron chi connectivity index (χ3n) is 5.77. The third kappa shape index (κ3) is 7.80. The number of aliphatic imine (C=N–C) groups is 1. The van der Waals surface area contributed by atoms with Crippen LogP contribution in [0.4, 0.5) is 17.6 Å². The zero-order valence-electron chi connectivity index (χ0n) is 19.3. The lowest BCUT2D eigenvalue weighted by Gasteiger charge is -2.29. The fourth-order valence-corrected chi connectivity index (χ4v) is 3.91. The minimum Gasteiger partial charge on any atom is -0.466 e. The number of hydrogen-bond acceptors (Lipinski definition) is 4. The molecule has 10 heteroatoms. The Morgan fingerprint density at radius 3 is 2.23 bits per heavy atom. The Kier molecular flexibility index (Phi) is 9.22. The number of nitrogens with one attached hydrogen (secondary N) is 2. The second kappa shape index (κ2) is 12.3. The van der Waals surface area contributed by atoms with Crippen molar-refractivity contribution in [1.82, 2.24) is 10.6 Å². The Bertz CT molecular complexity index is 1090. The van der Waals surface area contributed by atoms with Crippen LogP contribution in [0.1, 0.15) is 54.9 Å². The Balaban J connectivity index is 1.68. The maximum absolute atomic E-state index is 13.6. The molecule has 0 spiro atoms. The van der Waals surface area contributed by atoms with Crippen molar-refractivity contribution in [2.75, 3.05) is 6.61 Å². The number of ether oxygens (including phenoxy) is 1. The van der Waals surface area contributed by atoms with E-state index in [0.29, 0.717) is 31.4 Å². The molecule has 0 aromatic heterocycles. The summed E-state index contributed by atoms with van der Waals surface area (Å²) in [5.41, 5.74) is 0.271. The van der Waals surface area contributed by atoms with Crippen molar-refractivity contribution in [3.8, 4) is 0 Å². The zero-order chi connectivity index (χ0) is 25.4. The van der Waals surface area contributed by atoms with E-state index in [9.17, 15) is 27.2 Å². The second-order valence-corrected chi connectivity index (χ2v) is 8.37. The van der Waals surface area contributed by atoms with Gasteiger partial charge in [-0.2, -0.15) is 0 Å². The maximum Gasteiger partial charge on any atom is 0.306 e. The molecule has 0 unspecified atom stereocenters. The van der Waals surface area contributed by atoms with Gasteiger partial charge in [-0.15, -0.1) is 0 Å². The van der Waals surface area contributed by atoms with Crippen LogP contribution in [-0.4, -0.2) is 30.5 Å². The van der Waals surface area contributed by atoms with Crippen LogP contribution in [0.2, 0.25) is 0 Å². The quantitative estimate of drug-likeness (QED) is 0.255. The lowest BCUT2D eigenvalue weighted by molar-refractivity contribution is -0.144. The van der Waals surface area contributed by atoms with Crippen molar-refractivity contribution in [3.63, 3.8) is 0 Å². The number of benzene rings is 2. The van der Waals surface area contributed by atoms with E-state index in [1.807, 2.05) is 0 Å². The van der Waals surface area contributed by atoms with Crippen molar-refractivity contribution in [2.45, 2.75) is 51.6 Å². The second-order valence-electron chi connectivity index (χ2n) is 8.37. The zero-order valence-corrected chi connectivity index (χ0v) is 19.3. The molecule has 1 saturated carbocycles.